The monoisotopic (exact) mass is 441 g/mol. The van der Waals surface area contributed by atoms with Gasteiger partial charge in [-0.05, 0) is 36.4 Å². The van der Waals surface area contributed by atoms with Gasteiger partial charge in [-0.25, -0.2) is 13.4 Å². The Bertz CT molecular complexity index is 1250. The molecule has 30 heavy (non-hydrogen) atoms. The van der Waals surface area contributed by atoms with E-state index in [1.165, 1.54) is 30.5 Å². The summed E-state index contributed by atoms with van der Waals surface area (Å²) in [5.41, 5.74) is 0.909. The van der Waals surface area contributed by atoms with Crippen molar-refractivity contribution in [1.82, 2.24) is 14.6 Å². The van der Waals surface area contributed by atoms with Gasteiger partial charge in [0.15, 0.2) is 10.8 Å². The molecule has 1 amide bonds. The van der Waals surface area contributed by atoms with Crippen molar-refractivity contribution < 1.29 is 17.6 Å². The third-order valence-electron chi connectivity index (χ3n) is 4.44. The van der Waals surface area contributed by atoms with E-state index in [-0.39, 0.29) is 18.0 Å². The zero-order valence-electron chi connectivity index (χ0n) is 16.1. The molecule has 0 spiro atoms. The number of furan rings is 1. The molecular formula is C21H19N3O4S2. The Labute approximate surface area is 178 Å². The van der Waals surface area contributed by atoms with Gasteiger partial charge in [0.2, 0.25) is 15.9 Å². The van der Waals surface area contributed by atoms with Crippen LogP contribution in [0.2, 0.25) is 0 Å². The molecule has 1 N–H and O–H groups in total. The molecule has 0 aliphatic carbocycles. The van der Waals surface area contributed by atoms with Crippen molar-refractivity contribution in [2.45, 2.75) is 11.4 Å². The summed E-state index contributed by atoms with van der Waals surface area (Å²) in [5, 5.41) is 3.46. The van der Waals surface area contributed by atoms with Crippen molar-refractivity contribution in [3.8, 4) is 10.8 Å². The molecule has 0 bridgehead atoms. The van der Waals surface area contributed by atoms with E-state index in [1.807, 2.05) is 30.3 Å². The smallest absolute Gasteiger partial charge is 0.243 e. The van der Waals surface area contributed by atoms with Crippen molar-refractivity contribution >= 4 is 37.5 Å². The van der Waals surface area contributed by atoms with Crippen LogP contribution in [0.4, 0.5) is 0 Å². The number of thiazole rings is 1. The molecule has 154 valence electrons. The number of hydrogen-bond donors (Lipinski definition) is 1. The Kier molecular flexibility index (Phi) is 5.67. The van der Waals surface area contributed by atoms with E-state index in [0.717, 1.165) is 19.5 Å². The summed E-state index contributed by atoms with van der Waals surface area (Å²) in [6, 6.07) is 19.4. The van der Waals surface area contributed by atoms with E-state index in [9.17, 15) is 13.2 Å². The van der Waals surface area contributed by atoms with Gasteiger partial charge >= 0.3 is 0 Å². The number of sulfonamides is 1. The number of nitrogens with one attached hydrogen (secondary N) is 1. The first kappa shape index (κ1) is 20.3. The first-order chi connectivity index (χ1) is 14.4. The number of fused-ring (bicyclic) bond motifs is 1. The predicted octanol–water partition coefficient (Wildman–Crippen LogP) is 3.49. The van der Waals surface area contributed by atoms with Crippen LogP contribution in [0.15, 0.2) is 76.0 Å². The molecular weight excluding hydrogens is 422 g/mol. The minimum atomic E-state index is -3.72. The first-order valence-electron chi connectivity index (χ1n) is 9.16. The third kappa shape index (κ3) is 4.28. The number of carbonyl (C=O) groups excluding carboxylic acids is 1. The first-order valence-corrected chi connectivity index (χ1v) is 11.4. The van der Waals surface area contributed by atoms with Gasteiger partial charge in [0, 0.05) is 7.05 Å². The molecule has 0 atom stereocenters. The van der Waals surface area contributed by atoms with E-state index in [0.29, 0.717) is 11.5 Å². The average molecular weight is 442 g/mol. The molecule has 0 radical (unpaired) electrons. The van der Waals surface area contributed by atoms with Crippen LogP contribution in [-0.4, -0.2) is 37.2 Å². The Balaban J connectivity index is 1.36. The molecule has 2 heterocycles. The largest absolute Gasteiger partial charge is 0.457 e. The van der Waals surface area contributed by atoms with Crippen LogP contribution in [0.5, 0.6) is 0 Å². The lowest BCUT2D eigenvalue weighted by molar-refractivity contribution is -0.121. The quantitative estimate of drug-likeness (QED) is 0.474. The number of carbonyl (C=O) groups is 1. The minimum absolute atomic E-state index is 0.145. The number of amides is 1. The van der Waals surface area contributed by atoms with Gasteiger partial charge < -0.3 is 9.73 Å². The van der Waals surface area contributed by atoms with Crippen molar-refractivity contribution in [1.29, 1.82) is 0 Å². The molecule has 0 aliphatic rings. The Morgan fingerprint density at radius 3 is 2.57 bits per heavy atom. The van der Waals surface area contributed by atoms with Gasteiger partial charge in [-0.1, -0.05) is 30.3 Å². The fraction of sp³-hybridized carbons (Fsp3) is 0.143. The second-order valence-electron chi connectivity index (χ2n) is 6.60. The molecule has 2 aromatic carbocycles. The van der Waals surface area contributed by atoms with E-state index in [4.69, 9.17) is 4.42 Å². The minimum Gasteiger partial charge on any atom is -0.457 e. The van der Waals surface area contributed by atoms with Gasteiger partial charge in [0.25, 0.3) is 0 Å². The van der Waals surface area contributed by atoms with Gasteiger partial charge in [0.1, 0.15) is 5.76 Å². The number of hydrogen-bond acceptors (Lipinski definition) is 6. The fourth-order valence-corrected chi connectivity index (χ4v) is 4.94. The topological polar surface area (TPSA) is 92.5 Å². The second kappa shape index (κ2) is 8.39. The Morgan fingerprint density at radius 1 is 1.07 bits per heavy atom. The zero-order valence-corrected chi connectivity index (χ0v) is 17.7. The summed E-state index contributed by atoms with van der Waals surface area (Å²) < 4.78 is 32.9. The average Bonchev–Trinajstić information content (AvgIpc) is 3.39. The maximum atomic E-state index is 12.5. The normalized spacial score (nSPS) is 11.8. The summed E-state index contributed by atoms with van der Waals surface area (Å²) in [7, 11) is -2.34. The molecule has 0 aliphatic heterocycles. The maximum absolute atomic E-state index is 12.5. The summed E-state index contributed by atoms with van der Waals surface area (Å²) in [6.07, 6.45) is 0. The summed E-state index contributed by atoms with van der Waals surface area (Å²) >= 11 is 1.53. The van der Waals surface area contributed by atoms with Gasteiger partial charge in [-0.15, -0.1) is 11.3 Å². The molecule has 2 aromatic heterocycles. The molecule has 9 heteroatoms. The molecule has 4 rings (SSSR count). The summed E-state index contributed by atoms with van der Waals surface area (Å²) in [5.74, 6) is 0.769. The molecule has 0 fully saturated rings. The lowest BCUT2D eigenvalue weighted by atomic mass is 10.3. The standard InChI is InChI=1S/C21H19N3O4S2/c1-24(30(26,27)16-7-3-2-4-8-16)14-20(25)22-13-15-11-12-18(28-15)21-23-17-9-5-6-10-19(17)29-21/h2-12H,13-14H2,1H3,(H,22,25). The maximum Gasteiger partial charge on any atom is 0.243 e. The van der Waals surface area contributed by atoms with E-state index < -0.39 is 15.9 Å². The number of nitrogens with zero attached hydrogens (tertiary/aromatic N) is 2. The fourth-order valence-electron chi connectivity index (χ4n) is 2.87. The van der Waals surface area contributed by atoms with Crippen LogP contribution >= 0.6 is 11.3 Å². The van der Waals surface area contributed by atoms with Crippen LogP contribution in [-0.2, 0) is 21.4 Å². The number of likely N-dealkylation sites (N-methyl/N-ethyl adjacent to an activating group) is 1. The van der Waals surface area contributed by atoms with Crippen LogP contribution in [0.1, 0.15) is 5.76 Å². The van der Waals surface area contributed by atoms with E-state index >= 15 is 0 Å². The van der Waals surface area contributed by atoms with Crippen LogP contribution < -0.4 is 5.32 Å². The highest BCUT2D eigenvalue weighted by Crippen LogP contribution is 2.31. The predicted molar refractivity (Wildman–Crippen MR) is 115 cm³/mol. The summed E-state index contributed by atoms with van der Waals surface area (Å²) in [4.78, 5) is 16.9. The van der Waals surface area contributed by atoms with Crippen LogP contribution in [0.25, 0.3) is 21.0 Å². The highest BCUT2D eigenvalue weighted by molar-refractivity contribution is 7.89. The molecule has 0 saturated carbocycles. The zero-order chi connectivity index (χ0) is 21.1. The molecule has 4 aromatic rings. The Morgan fingerprint density at radius 2 is 1.80 bits per heavy atom. The van der Waals surface area contributed by atoms with Gasteiger partial charge in [-0.2, -0.15) is 4.31 Å². The number of benzene rings is 2. The number of para-hydroxylation sites is 1. The highest BCUT2D eigenvalue weighted by atomic mass is 32.2. The number of rotatable bonds is 7. The van der Waals surface area contributed by atoms with Gasteiger partial charge in [0.05, 0.1) is 28.2 Å². The van der Waals surface area contributed by atoms with Crippen molar-refractivity contribution in [3.63, 3.8) is 0 Å². The molecule has 0 saturated heterocycles. The van der Waals surface area contributed by atoms with Gasteiger partial charge in [-0.3, -0.25) is 4.79 Å². The highest BCUT2D eigenvalue weighted by Gasteiger charge is 2.22. The van der Waals surface area contributed by atoms with Crippen molar-refractivity contribution in [2.75, 3.05) is 13.6 Å². The van der Waals surface area contributed by atoms with Crippen LogP contribution in [0.3, 0.4) is 0 Å². The SMILES string of the molecule is CN(CC(=O)NCc1ccc(-c2nc3ccccc3s2)o1)S(=O)(=O)c1ccccc1. The lowest BCUT2D eigenvalue weighted by Gasteiger charge is -2.16. The summed E-state index contributed by atoms with van der Waals surface area (Å²) in [6.45, 7) is -0.133. The van der Waals surface area contributed by atoms with E-state index in [2.05, 4.69) is 10.3 Å². The van der Waals surface area contributed by atoms with Crippen LogP contribution in [0, 0.1) is 0 Å². The molecule has 7 nitrogen and oxygen atoms in total. The third-order valence-corrected chi connectivity index (χ3v) is 7.31. The number of aromatic nitrogens is 1. The molecule has 0 unspecified atom stereocenters. The second-order valence-corrected chi connectivity index (χ2v) is 9.68. The van der Waals surface area contributed by atoms with Crippen molar-refractivity contribution in [3.05, 3.63) is 72.5 Å². The lowest BCUT2D eigenvalue weighted by Crippen LogP contribution is -2.38. The Hall–Kier alpha value is -3.01. The van der Waals surface area contributed by atoms with E-state index in [1.54, 1.807) is 24.3 Å². The van der Waals surface area contributed by atoms with Crippen molar-refractivity contribution in [2.24, 2.45) is 0 Å².